The van der Waals surface area contributed by atoms with Crippen LogP contribution in [0.5, 0.6) is 11.5 Å². The Bertz CT molecular complexity index is 1060. The Kier molecular flexibility index (Phi) is 7.07. The lowest BCUT2D eigenvalue weighted by Gasteiger charge is -2.17. The summed E-state index contributed by atoms with van der Waals surface area (Å²) in [5.41, 5.74) is 3.50. The third kappa shape index (κ3) is 5.48. The van der Waals surface area contributed by atoms with Gasteiger partial charge in [-0.05, 0) is 68.8 Å². The number of amides is 1. The van der Waals surface area contributed by atoms with Crippen molar-refractivity contribution in [2.75, 3.05) is 38.2 Å². The van der Waals surface area contributed by atoms with Crippen molar-refractivity contribution in [3.63, 3.8) is 0 Å². The van der Waals surface area contributed by atoms with Gasteiger partial charge in [0.05, 0.1) is 5.69 Å². The van der Waals surface area contributed by atoms with E-state index in [9.17, 15) is 4.79 Å². The van der Waals surface area contributed by atoms with E-state index in [1.165, 1.54) is 12.8 Å². The summed E-state index contributed by atoms with van der Waals surface area (Å²) in [7, 11) is 1.89. The first kappa shape index (κ1) is 21.9. The number of carbonyl (C=O) groups is 1. The minimum atomic E-state index is -0.216. The molecule has 0 radical (unpaired) electrons. The second-order valence-corrected chi connectivity index (χ2v) is 8.05. The van der Waals surface area contributed by atoms with Crippen LogP contribution in [0.25, 0.3) is 11.3 Å². The fourth-order valence-electron chi connectivity index (χ4n) is 3.92. The SMILES string of the molecule is Cc1ccccc1OCC(=O)Nc1ccc(OCCN2CCCC2)c(-c2ccnn2C)c1. The zero-order chi connectivity index (χ0) is 22.3. The molecule has 0 spiro atoms. The number of anilines is 1. The van der Waals surface area contributed by atoms with E-state index in [1.807, 2.05) is 62.5 Å². The third-order valence-electron chi connectivity index (χ3n) is 5.68. The molecule has 4 rings (SSSR count). The van der Waals surface area contributed by atoms with Gasteiger partial charge in [0.1, 0.15) is 18.1 Å². The molecule has 3 aromatic rings. The zero-order valence-corrected chi connectivity index (χ0v) is 18.7. The molecule has 1 saturated heterocycles. The summed E-state index contributed by atoms with van der Waals surface area (Å²) >= 11 is 0. The summed E-state index contributed by atoms with van der Waals surface area (Å²) in [5.74, 6) is 1.27. The molecule has 1 aliphatic heterocycles. The van der Waals surface area contributed by atoms with Crippen molar-refractivity contribution >= 4 is 11.6 Å². The van der Waals surface area contributed by atoms with Crippen molar-refractivity contribution in [3.05, 3.63) is 60.3 Å². The number of aryl methyl sites for hydroxylation is 2. The standard InChI is InChI=1S/C25H30N4O3/c1-19-7-3-4-8-23(19)32-18-25(30)27-20-9-10-24(31-16-15-29-13-5-6-14-29)21(17-20)22-11-12-26-28(22)2/h3-4,7-12,17H,5-6,13-16,18H2,1-2H3,(H,27,30). The molecule has 168 valence electrons. The van der Waals surface area contributed by atoms with E-state index in [2.05, 4.69) is 15.3 Å². The van der Waals surface area contributed by atoms with Crippen molar-refractivity contribution in [2.24, 2.45) is 7.05 Å². The normalized spacial score (nSPS) is 13.8. The number of hydrogen-bond acceptors (Lipinski definition) is 5. The average Bonchev–Trinajstić information content (AvgIpc) is 3.46. The summed E-state index contributed by atoms with van der Waals surface area (Å²) in [4.78, 5) is 14.9. The van der Waals surface area contributed by atoms with Crippen LogP contribution in [-0.4, -0.2) is 53.4 Å². The molecule has 1 amide bonds. The number of carbonyl (C=O) groups excluding carboxylic acids is 1. The minimum absolute atomic E-state index is 0.0556. The van der Waals surface area contributed by atoms with Gasteiger partial charge in [-0.3, -0.25) is 14.4 Å². The number of aromatic nitrogens is 2. The predicted octanol–water partition coefficient (Wildman–Crippen LogP) is 3.89. The summed E-state index contributed by atoms with van der Waals surface area (Å²) < 4.78 is 13.6. The first-order valence-corrected chi connectivity index (χ1v) is 11.1. The molecule has 1 aliphatic rings. The molecular formula is C25H30N4O3. The van der Waals surface area contributed by atoms with Crippen molar-refractivity contribution in [1.82, 2.24) is 14.7 Å². The molecule has 7 nitrogen and oxygen atoms in total. The second-order valence-electron chi connectivity index (χ2n) is 8.05. The number of benzene rings is 2. The van der Waals surface area contributed by atoms with E-state index in [4.69, 9.17) is 9.47 Å². The van der Waals surface area contributed by atoms with Crippen molar-refractivity contribution < 1.29 is 14.3 Å². The van der Waals surface area contributed by atoms with Crippen molar-refractivity contribution in [2.45, 2.75) is 19.8 Å². The Morgan fingerprint density at radius 2 is 1.88 bits per heavy atom. The largest absolute Gasteiger partial charge is 0.492 e. The van der Waals surface area contributed by atoms with Crippen molar-refractivity contribution in [3.8, 4) is 22.8 Å². The van der Waals surface area contributed by atoms with Gasteiger partial charge in [-0.1, -0.05) is 18.2 Å². The number of hydrogen-bond donors (Lipinski definition) is 1. The molecule has 0 aliphatic carbocycles. The van der Waals surface area contributed by atoms with E-state index in [0.29, 0.717) is 18.0 Å². The highest BCUT2D eigenvalue weighted by atomic mass is 16.5. The monoisotopic (exact) mass is 434 g/mol. The molecule has 0 saturated carbocycles. The zero-order valence-electron chi connectivity index (χ0n) is 18.7. The first-order valence-electron chi connectivity index (χ1n) is 11.1. The lowest BCUT2D eigenvalue weighted by atomic mass is 10.1. The highest BCUT2D eigenvalue weighted by Gasteiger charge is 2.15. The van der Waals surface area contributed by atoms with Gasteiger partial charge in [-0.25, -0.2) is 0 Å². The Hall–Kier alpha value is -3.32. The molecule has 1 fully saturated rings. The molecule has 0 unspecified atom stereocenters. The number of nitrogens with one attached hydrogen (secondary N) is 1. The van der Waals surface area contributed by atoms with Crippen LogP contribution in [0, 0.1) is 6.92 Å². The van der Waals surface area contributed by atoms with E-state index < -0.39 is 0 Å². The number of likely N-dealkylation sites (tertiary alicyclic amines) is 1. The van der Waals surface area contributed by atoms with Crippen LogP contribution in [0.3, 0.4) is 0 Å². The number of ether oxygens (including phenoxy) is 2. The minimum Gasteiger partial charge on any atom is -0.492 e. The van der Waals surface area contributed by atoms with Gasteiger partial charge >= 0.3 is 0 Å². The van der Waals surface area contributed by atoms with Crippen LogP contribution < -0.4 is 14.8 Å². The quantitative estimate of drug-likeness (QED) is 0.553. The Morgan fingerprint density at radius 3 is 2.62 bits per heavy atom. The maximum Gasteiger partial charge on any atom is 0.262 e. The number of nitrogens with zero attached hydrogens (tertiary/aromatic N) is 3. The summed E-state index contributed by atoms with van der Waals surface area (Å²) in [6.45, 7) is 5.73. The van der Waals surface area contributed by atoms with Crippen LogP contribution in [0.15, 0.2) is 54.7 Å². The fraction of sp³-hybridized carbons (Fsp3) is 0.360. The average molecular weight is 435 g/mol. The highest BCUT2D eigenvalue weighted by Crippen LogP contribution is 2.32. The van der Waals surface area contributed by atoms with Gasteiger partial charge in [0.2, 0.25) is 0 Å². The fourth-order valence-corrected chi connectivity index (χ4v) is 3.92. The van der Waals surface area contributed by atoms with Gasteiger partial charge in [-0.15, -0.1) is 0 Å². The van der Waals surface area contributed by atoms with Crippen LogP contribution in [-0.2, 0) is 11.8 Å². The molecule has 2 aromatic carbocycles. The van der Waals surface area contributed by atoms with E-state index in [1.54, 1.807) is 10.9 Å². The Morgan fingerprint density at radius 1 is 1.06 bits per heavy atom. The lowest BCUT2D eigenvalue weighted by molar-refractivity contribution is -0.118. The van der Waals surface area contributed by atoms with Crippen LogP contribution >= 0.6 is 0 Å². The molecule has 32 heavy (non-hydrogen) atoms. The number of rotatable bonds is 9. The van der Waals surface area contributed by atoms with E-state index >= 15 is 0 Å². The summed E-state index contributed by atoms with van der Waals surface area (Å²) in [6.07, 6.45) is 4.29. The van der Waals surface area contributed by atoms with Crippen molar-refractivity contribution in [1.29, 1.82) is 0 Å². The summed E-state index contributed by atoms with van der Waals surface area (Å²) in [6, 6.07) is 15.3. The molecule has 1 N–H and O–H groups in total. The molecule has 0 bridgehead atoms. The maximum absolute atomic E-state index is 12.5. The van der Waals surface area contributed by atoms with Gasteiger partial charge in [-0.2, -0.15) is 5.10 Å². The predicted molar refractivity (Wildman–Crippen MR) is 125 cm³/mol. The topological polar surface area (TPSA) is 68.6 Å². The van der Waals surface area contributed by atoms with Crippen LogP contribution in [0.4, 0.5) is 5.69 Å². The van der Waals surface area contributed by atoms with Gasteiger partial charge in [0, 0.05) is 31.0 Å². The maximum atomic E-state index is 12.5. The third-order valence-corrected chi connectivity index (χ3v) is 5.68. The Labute approximate surface area is 188 Å². The molecule has 7 heteroatoms. The second kappa shape index (κ2) is 10.3. The van der Waals surface area contributed by atoms with E-state index in [0.717, 1.165) is 42.2 Å². The molecule has 1 aromatic heterocycles. The van der Waals surface area contributed by atoms with Crippen LogP contribution in [0.2, 0.25) is 0 Å². The Balaban J connectivity index is 1.43. The highest BCUT2D eigenvalue weighted by molar-refractivity contribution is 5.93. The van der Waals surface area contributed by atoms with Gasteiger partial charge < -0.3 is 14.8 Å². The smallest absolute Gasteiger partial charge is 0.262 e. The number of para-hydroxylation sites is 1. The van der Waals surface area contributed by atoms with Crippen LogP contribution in [0.1, 0.15) is 18.4 Å². The first-order chi connectivity index (χ1) is 15.6. The van der Waals surface area contributed by atoms with Gasteiger partial charge in [0.15, 0.2) is 6.61 Å². The van der Waals surface area contributed by atoms with E-state index in [-0.39, 0.29) is 12.5 Å². The van der Waals surface area contributed by atoms with Gasteiger partial charge in [0.25, 0.3) is 5.91 Å². The lowest BCUT2D eigenvalue weighted by Crippen LogP contribution is -2.25. The summed E-state index contributed by atoms with van der Waals surface area (Å²) in [5, 5.41) is 7.21. The molecule has 0 atom stereocenters. The molecule has 2 heterocycles. The molecular weight excluding hydrogens is 404 g/mol.